The summed E-state index contributed by atoms with van der Waals surface area (Å²) < 4.78 is 32.4. The van der Waals surface area contributed by atoms with Gasteiger partial charge in [-0.25, -0.2) is 0 Å². The van der Waals surface area contributed by atoms with Gasteiger partial charge >= 0.3 is 20.7 Å². The monoisotopic (exact) mass is 422 g/mol. The molecule has 0 bridgehead atoms. The third-order valence-corrected chi connectivity index (χ3v) is 7.21. The molecular weight excluding hydrogens is 388 g/mol. The first-order valence-electron chi connectivity index (χ1n) is 9.45. The summed E-state index contributed by atoms with van der Waals surface area (Å²) in [5.41, 5.74) is -1.63. The standard InChI is InChI=1S/C18H34O9Si/c1-7-25-28(26-8-2,27-9-3)12-10-11-24-18(15(4)19,13-16(20)22-5)14-17(21)23-6/h7-14H2,1-6H3. The fourth-order valence-corrected chi connectivity index (χ4v) is 5.26. The van der Waals surface area contributed by atoms with Crippen LogP contribution in [0.1, 0.15) is 47.0 Å². The van der Waals surface area contributed by atoms with Crippen molar-refractivity contribution in [1.82, 2.24) is 0 Å². The molecule has 0 unspecified atom stereocenters. The maximum Gasteiger partial charge on any atom is 0.501 e. The van der Waals surface area contributed by atoms with Gasteiger partial charge in [0.05, 0.1) is 27.1 Å². The average molecular weight is 423 g/mol. The molecule has 10 heteroatoms. The Hall–Kier alpha value is -1.33. The van der Waals surface area contributed by atoms with Gasteiger partial charge in [-0.2, -0.15) is 0 Å². The van der Waals surface area contributed by atoms with Crippen molar-refractivity contribution in [3.8, 4) is 0 Å². The molecule has 0 aromatic rings. The summed E-state index contributed by atoms with van der Waals surface area (Å²) in [6.07, 6.45) is -0.290. The van der Waals surface area contributed by atoms with E-state index in [9.17, 15) is 14.4 Å². The van der Waals surface area contributed by atoms with Crippen molar-refractivity contribution >= 4 is 26.5 Å². The zero-order valence-electron chi connectivity index (χ0n) is 17.8. The third-order valence-electron chi connectivity index (χ3n) is 4.06. The molecule has 164 valence electrons. The number of carbonyl (C=O) groups excluding carboxylic acids is 3. The zero-order chi connectivity index (χ0) is 21.6. The van der Waals surface area contributed by atoms with Gasteiger partial charge in [0.25, 0.3) is 0 Å². The molecule has 0 heterocycles. The molecule has 0 atom stereocenters. The Morgan fingerprint density at radius 3 is 1.57 bits per heavy atom. The molecule has 9 nitrogen and oxygen atoms in total. The molecule has 0 rings (SSSR count). The van der Waals surface area contributed by atoms with Crippen molar-refractivity contribution in [3.05, 3.63) is 0 Å². The van der Waals surface area contributed by atoms with E-state index in [0.29, 0.717) is 32.3 Å². The van der Waals surface area contributed by atoms with Crippen LogP contribution in [0.2, 0.25) is 6.04 Å². The molecule has 0 fully saturated rings. The van der Waals surface area contributed by atoms with Crippen molar-refractivity contribution < 1.29 is 41.9 Å². The fourth-order valence-electron chi connectivity index (χ4n) is 2.68. The Morgan fingerprint density at radius 2 is 1.25 bits per heavy atom. The van der Waals surface area contributed by atoms with E-state index in [-0.39, 0.29) is 19.4 Å². The van der Waals surface area contributed by atoms with E-state index < -0.39 is 32.1 Å². The maximum absolute atomic E-state index is 12.3. The van der Waals surface area contributed by atoms with Crippen LogP contribution in [0.3, 0.4) is 0 Å². The van der Waals surface area contributed by atoms with Crippen LogP contribution in [-0.2, 0) is 41.9 Å². The van der Waals surface area contributed by atoms with E-state index in [4.69, 9.17) is 18.0 Å². The van der Waals surface area contributed by atoms with Gasteiger partial charge < -0.3 is 27.5 Å². The van der Waals surface area contributed by atoms with Gasteiger partial charge in [0.2, 0.25) is 0 Å². The van der Waals surface area contributed by atoms with Crippen LogP contribution in [0.15, 0.2) is 0 Å². The zero-order valence-corrected chi connectivity index (χ0v) is 18.8. The van der Waals surface area contributed by atoms with Crippen molar-refractivity contribution in [2.75, 3.05) is 40.6 Å². The minimum Gasteiger partial charge on any atom is -0.469 e. The van der Waals surface area contributed by atoms with E-state index in [2.05, 4.69) is 9.47 Å². The normalized spacial score (nSPS) is 11.9. The molecular formula is C18H34O9Si. The second-order valence-electron chi connectivity index (χ2n) is 5.99. The van der Waals surface area contributed by atoms with Crippen LogP contribution >= 0.6 is 0 Å². The quantitative estimate of drug-likeness (QED) is 0.209. The smallest absolute Gasteiger partial charge is 0.469 e. The number of carbonyl (C=O) groups is 3. The summed E-state index contributed by atoms with van der Waals surface area (Å²) in [5.74, 6) is -1.76. The molecule has 0 amide bonds. The highest BCUT2D eigenvalue weighted by atomic mass is 28.4. The molecule has 0 spiro atoms. The van der Waals surface area contributed by atoms with Gasteiger partial charge in [0.1, 0.15) is 5.60 Å². The predicted molar refractivity (Wildman–Crippen MR) is 103 cm³/mol. The Kier molecular flexibility index (Phi) is 13.1. The minimum atomic E-state index is -2.85. The van der Waals surface area contributed by atoms with Gasteiger partial charge in [-0.1, -0.05) is 0 Å². The highest BCUT2D eigenvalue weighted by molar-refractivity contribution is 6.60. The van der Waals surface area contributed by atoms with Crippen molar-refractivity contribution in [3.63, 3.8) is 0 Å². The Bertz CT molecular complexity index is 460. The first-order valence-corrected chi connectivity index (χ1v) is 11.4. The van der Waals surface area contributed by atoms with Crippen LogP contribution < -0.4 is 0 Å². The summed E-state index contributed by atoms with van der Waals surface area (Å²) >= 11 is 0. The lowest BCUT2D eigenvalue weighted by Crippen LogP contribution is -2.47. The van der Waals surface area contributed by atoms with Crippen molar-refractivity contribution in [1.29, 1.82) is 0 Å². The maximum atomic E-state index is 12.3. The Balaban J connectivity index is 5.20. The lowest BCUT2D eigenvalue weighted by atomic mass is 9.91. The number of Topliss-reactive ketones (excluding diaryl/α,β-unsaturated/α-hetero) is 1. The summed E-state index contributed by atoms with van der Waals surface area (Å²) in [7, 11) is -0.433. The number of rotatable bonds is 16. The van der Waals surface area contributed by atoms with E-state index >= 15 is 0 Å². The molecule has 0 aliphatic rings. The minimum absolute atomic E-state index is 0.107. The Labute approximate surface area is 168 Å². The second kappa shape index (κ2) is 13.8. The predicted octanol–water partition coefficient (Wildman–Crippen LogP) is 1.90. The lowest BCUT2D eigenvalue weighted by molar-refractivity contribution is -0.166. The highest BCUT2D eigenvalue weighted by Crippen LogP contribution is 2.26. The molecule has 28 heavy (non-hydrogen) atoms. The molecule has 0 N–H and O–H groups in total. The SMILES string of the molecule is CCO[Si](CCCOC(CC(=O)OC)(CC(=O)OC)C(C)=O)(OCC)OCC. The number of ether oxygens (including phenoxy) is 3. The largest absolute Gasteiger partial charge is 0.501 e. The number of esters is 2. The lowest BCUT2D eigenvalue weighted by Gasteiger charge is -2.31. The van der Waals surface area contributed by atoms with Crippen LogP contribution in [0.5, 0.6) is 0 Å². The van der Waals surface area contributed by atoms with Crippen molar-refractivity contribution in [2.24, 2.45) is 0 Å². The van der Waals surface area contributed by atoms with Crippen LogP contribution in [0.25, 0.3) is 0 Å². The van der Waals surface area contributed by atoms with Gasteiger partial charge in [-0.3, -0.25) is 14.4 Å². The van der Waals surface area contributed by atoms with E-state index in [1.54, 1.807) is 0 Å². The van der Waals surface area contributed by atoms with Crippen molar-refractivity contribution in [2.45, 2.75) is 58.6 Å². The van der Waals surface area contributed by atoms with Crippen LogP contribution in [0.4, 0.5) is 0 Å². The molecule has 0 radical (unpaired) electrons. The van der Waals surface area contributed by atoms with E-state index in [1.165, 1.54) is 21.1 Å². The summed E-state index contributed by atoms with van der Waals surface area (Å²) in [5, 5.41) is 0. The molecule has 0 aromatic carbocycles. The van der Waals surface area contributed by atoms with Gasteiger partial charge in [-0.05, 0) is 34.1 Å². The van der Waals surface area contributed by atoms with E-state index in [0.717, 1.165) is 0 Å². The number of ketones is 1. The van der Waals surface area contributed by atoms with E-state index in [1.807, 2.05) is 20.8 Å². The number of hydrogen-bond donors (Lipinski definition) is 0. The van der Waals surface area contributed by atoms with Gasteiger partial charge in [0, 0.05) is 32.5 Å². The second-order valence-corrected chi connectivity index (χ2v) is 8.72. The topological polar surface area (TPSA) is 107 Å². The number of methoxy groups -OCH3 is 2. The molecule has 0 saturated heterocycles. The molecule has 0 saturated carbocycles. The molecule has 0 aliphatic carbocycles. The van der Waals surface area contributed by atoms with Gasteiger partial charge in [-0.15, -0.1) is 0 Å². The van der Waals surface area contributed by atoms with Crippen LogP contribution in [0, 0.1) is 0 Å². The third kappa shape index (κ3) is 8.78. The summed E-state index contributed by atoms with van der Waals surface area (Å²) in [6.45, 7) is 8.33. The first kappa shape index (κ1) is 26.7. The average Bonchev–Trinajstić information content (AvgIpc) is 2.65. The first-order chi connectivity index (χ1) is 13.2. The van der Waals surface area contributed by atoms with Crippen LogP contribution in [-0.4, -0.2) is 72.8 Å². The van der Waals surface area contributed by atoms with Gasteiger partial charge in [0.15, 0.2) is 5.78 Å². The molecule has 0 aliphatic heterocycles. The summed E-state index contributed by atoms with van der Waals surface area (Å²) in [6, 6.07) is 0.479. The highest BCUT2D eigenvalue weighted by Gasteiger charge is 2.43. The number of hydrogen-bond acceptors (Lipinski definition) is 9. The summed E-state index contributed by atoms with van der Waals surface area (Å²) in [4.78, 5) is 35.8. The fraction of sp³-hybridized carbons (Fsp3) is 0.833. The molecule has 0 aromatic heterocycles. The Morgan fingerprint density at radius 1 is 0.821 bits per heavy atom.